The molecule has 1 unspecified atom stereocenters. The van der Waals surface area contributed by atoms with E-state index in [0.717, 1.165) is 30.7 Å². The number of nitrogens with two attached hydrogens (primary N) is 1. The van der Waals surface area contributed by atoms with E-state index in [4.69, 9.17) is 10.8 Å². The second kappa shape index (κ2) is 7.17. The van der Waals surface area contributed by atoms with Crippen LogP contribution in [0.15, 0.2) is 0 Å². The Morgan fingerprint density at radius 1 is 1.33 bits per heavy atom. The fourth-order valence-corrected chi connectivity index (χ4v) is 1.68. The van der Waals surface area contributed by atoms with E-state index in [9.17, 15) is 5.21 Å². The van der Waals surface area contributed by atoms with Crippen molar-refractivity contribution in [2.75, 3.05) is 13.2 Å². The van der Waals surface area contributed by atoms with Gasteiger partial charge in [0.05, 0.1) is 12.3 Å². The predicted molar refractivity (Wildman–Crippen MR) is 61.5 cm³/mol. The van der Waals surface area contributed by atoms with Crippen molar-refractivity contribution in [3.8, 4) is 0 Å². The van der Waals surface area contributed by atoms with Gasteiger partial charge in [-0.15, -0.1) is 0 Å². The van der Waals surface area contributed by atoms with Crippen LogP contribution >= 0.6 is 0 Å². The third-order valence-corrected chi connectivity index (χ3v) is 2.97. The van der Waals surface area contributed by atoms with E-state index < -0.39 is 5.66 Å². The minimum absolute atomic E-state index is 0.0735. The Labute approximate surface area is 93.0 Å². The monoisotopic (exact) mass is 218 g/mol. The van der Waals surface area contributed by atoms with Crippen LogP contribution in [0.5, 0.6) is 0 Å². The highest BCUT2D eigenvalue weighted by Gasteiger charge is 2.34. The molecule has 4 N–H and O–H groups in total. The Kier molecular flexibility index (Phi) is 7.09. The van der Waals surface area contributed by atoms with Crippen LogP contribution in [0.1, 0.15) is 46.5 Å². The van der Waals surface area contributed by atoms with Crippen molar-refractivity contribution in [3.63, 3.8) is 0 Å². The van der Waals surface area contributed by atoms with E-state index in [1.54, 1.807) is 0 Å². The molecule has 4 nitrogen and oxygen atoms in total. The lowest BCUT2D eigenvalue weighted by molar-refractivity contribution is -0.196. The smallest absolute Gasteiger partial charge is 0.0949 e. The largest absolute Gasteiger partial charge is 0.395 e. The highest BCUT2D eigenvalue weighted by atomic mass is 16.5. The Morgan fingerprint density at radius 2 is 1.93 bits per heavy atom. The SMILES string of the molecule is CCCCCC(N)(C(C)C)N(O)CCO. The quantitative estimate of drug-likeness (QED) is 0.328. The molecule has 15 heavy (non-hydrogen) atoms. The lowest BCUT2D eigenvalue weighted by Crippen LogP contribution is -2.59. The van der Waals surface area contributed by atoms with Crippen molar-refractivity contribution in [2.45, 2.75) is 52.1 Å². The second-order valence-electron chi connectivity index (χ2n) is 4.45. The molecule has 0 aliphatic carbocycles. The first-order valence-electron chi connectivity index (χ1n) is 5.85. The van der Waals surface area contributed by atoms with Crippen molar-refractivity contribution in [1.82, 2.24) is 5.06 Å². The summed E-state index contributed by atoms with van der Waals surface area (Å²) in [5.74, 6) is 0.158. The molecule has 0 aromatic rings. The zero-order chi connectivity index (χ0) is 11.9. The molecule has 0 aromatic heterocycles. The summed E-state index contributed by atoms with van der Waals surface area (Å²) in [6, 6.07) is 0. The van der Waals surface area contributed by atoms with Gasteiger partial charge >= 0.3 is 0 Å². The van der Waals surface area contributed by atoms with E-state index in [1.807, 2.05) is 13.8 Å². The summed E-state index contributed by atoms with van der Waals surface area (Å²) in [5.41, 5.74) is 5.47. The molecule has 0 rings (SSSR count). The molecule has 0 aromatic carbocycles. The normalized spacial score (nSPS) is 16.0. The van der Waals surface area contributed by atoms with Crippen LogP contribution in [0.3, 0.4) is 0 Å². The van der Waals surface area contributed by atoms with Gasteiger partial charge in [0.25, 0.3) is 0 Å². The van der Waals surface area contributed by atoms with Crippen LogP contribution in [-0.2, 0) is 0 Å². The van der Waals surface area contributed by atoms with Crippen LogP contribution in [0, 0.1) is 5.92 Å². The van der Waals surface area contributed by atoms with E-state index in [1.165, 1.54) is 0 Å². The number of aliphatic hydroxyl groups is 1. The molecule has 0 fully saturated rings. The summed E-state index contributed by atoms with van der Waals surface area (Å²) in [4.78, 5) is 0. The van der Waals surface area contributed by atoms with Crippen molar-refractivity contribution >= 4 is 0 Å². The maximum absolute atomic E-state index is 9.79. The van der Waals surface area contributed by atoms with Gasteiger partial charge < -0.3 is 16.0 Å². The number of rotatable bonds is 8. The molecule has 92 valence electrons. The first kappa shape index (κ1) is 14.8. The Morgan fingerprint density at radius 3 is 2.33 bits per heavy atom. The molecule has 4 heteroatoms. The zero-order valence-corrected chi connectivity index (χ0v) is 10.2. The average molecular weight is 218 g/mol. The van der Waals surface area contributed by atoms with Crippen molar-refractivity contribution < 1.29 is 10.3 Å². The molecule has 0 aliphatic heterocycles. The average Bonchev–Trinajstić information content (AvgIpc) is 2.18. The van der Waals surface area contributed by atoms with Gasteiger partial charge in [0, 0.05) is 6.54 Å². The molecule has 0 amide bonds. The van der Waals surface area contributed by atoms with Gasteiger partial charge in [-0.1, -0.05) is 40.0 Å². The van der Waals surface area contributed by atoms with E-state index in [0.29, 0.717) is 0 Å². The van der Waals surface area contributed by atoms with Crippen LogP contribution in [0.25, 0.3) is 0 Å². The summed E-state index contributed by atoms with van der Waals surface area (Å²) >= 11 is 0. The summed E-state index contributed by atoms with van der Waals surface area (Å²) in [5, 5.41) is 19.7. The van der Waals surface area contributed by atoms with Crippen LogP contribution in [0.4, 0.5) is 0 Å². The fraction of sp³-hybridized carbons (Fsp3) is 1.00. The molecule has 0 heterocycles. The van der Waals surface area contributed by atoms with Gasteiger partial charge in [0.15, 0.2) is 0 Å². The minimum Gasteiger partial charge on any atom is -0.395 e. The number of hydroxylamine groups is 2. The Balaban J connectivity index is 4.30. The first-order valence-corrected chi connectivity index (χ1v) is 5.85. The standard InChI is InChI=1S/C11H26N2O2/c1-4-5-6-7-11(12,10(2)3)13(15)8-9-14/h10,14-15H,4-9,12H2,1-3H3. The van der Waals surface area contributed by atoms with Gasteiger partial charge in [-0.3, -0.25) is 0 Å². The maximum Gasteiger partial charge on any atom is 0.0949 e. The summed E-state index contributed by atoms with van der Waals surface area (Å²) in [7, 11) is 0. The number of hydrogen-bond donors (Lipinski definition) is 3. The second-order valence-corrected chi connectivity index (χ2v) is 4.45. The maximum atomic E-state index is 9.79. The Bertz CT molecular complexity index is 165. The lowest BCUT2D eigenvalue weighted by atomic mass is 9.90. The molecular formula is C11H26N2O2. The molecule has 0 saturated heterocycles. The van der Waals surface area contributed by atoms with Gasteiger partial charge in [-0.05, 0) is 12.3 Å². The number of aliphatic hydroxyl groups excluding tert-OH is 1. The number of hydrogen-bond acceptors (Lipinski definition) is 4. The molecule has 0 saturated carbocycles. The van der Waals surface area contributed by atoms with Crippen molar-refractivity contribution in [3.05, 3.63) is 0 Å². The lowest BCUT2D eigenvalue weighted by Gasteiger charge is -2.40. The van der Waals surface area contributed by atoms with Crippen LogP contribution < -0.4 is 5.73 Å². The van der Waals surface area contributed by atoms with Gasteiger partial charge in [0.1, 0.15) is 0 Å². The predicted octanol–water partition coefficient (Wildman–Crippen LogP) is 1.56. The molecule has 1 atom stereocenters. The third-order valence-electron chi connectivity index (χ3n) is 2.97. The molecule has 0 radical (unpaired) electrons. The fourth-order valence-electron chi connectivity index (χ4n) is 1.68. The van der Waals surface area contributed by atoms with Crippen LogP contribution in [0.2, 0.25) is 0 Å². The van der Waals surface area contributed by atoms with Crippen molar-refractivity contribution in [2.24, 2.45) is 11.7 Å². The summed E-state index contributed by atoms with van der Waals surface area (Å²) < 4.78 is 0. The highest BCUT2D eigenvalue weighted by molar-refractivity contribution is 4.83. The molecule has 0 bridgehead atoms. The Hall–Kier alpha value is -0.160. The highest BCUT2D eigenvalue weighted by Crippen LogP contribution is 2.24. The molecular weight excluding hydrogens is 192 g/mol. The number of unbranched alkanes of at least 4 members (excludes halogenated alkanes) is 2. The molecule has 0 spiro atoms. The first-order chi connectivity index (χ1) is 6.99. The third kappa shape index (κ3) is 4.47. The van der Waals surface area contributed by atoms with Gasteiger partial charge in [-0.2, -0.15) is 5.06 Å². The number of nitrogens with zero attached hydrogens (tertiary/aromatic N) is 1. The van der Waals surface area contributed by atoms with Crippen LogP contribution in [-0.4, -0.2) is 34.2 Å². The van der Waals surface area contributed by atoms with Gasteiger partial charge in [0.2, 0.25) is 0 Å². The van der Waals surface area contributed by atoms with E-state index in [-0.39, 0.29) is 19.1 Å². The topological polar surface area (TPSA) is 69.7 Å². The van der Waals surface area contributed by atoms with E-state index >= 15 is 0 Å². The molecule has 0 aliphatic rings. The summed E-state index contributed by atoms with van der Waals surface area (Å²) in [6.45, 7) is 6.26. The minimum atomic E-state index is -0.710. The van der Waals surface area contributed by atoms with Gasteiger partial charge in [-0.25, -0.2) is 0 Å². The van der Waals surface area contributed by atoms with Crippen molar-refractivity contribution in [1.29, 1.82) is 0 Å². The van der Waals surface area contributed by atoms with E-state index in [2.05, 4.69) is 6.92 Å². The summed E-state index contributed by atoms with van der Waals surface area (Å²) in [6.07, 6.45) is 4.03. The zero-order valence-electron chi connectivity index (χ0n) is 10.2.